The Hall–Kier alpha value is -2.65. The zero-order valence-corrected chi connectivity index (χ0v) is 14.0. The van der Waals surface area contributed by atoms with E-state index in [4.69, 9.17) is 0 Å². The lowest BCUT2D eigenvalue weighted by Gasteiger charge is -2.12. The third-order valence-corrected chi connectivity index (χ3v) is 4.63. The van der Waals surface area contributed by atoms with Crippen molar-refractivity contribution in [2.45, 2.75) is 6.54 Å². The summed E-state index contributed by atoms with van der Waals surface area (Å²) in [6.45, 7) is 1.69. The number of fused-ring (bicyclic) bond motifs is 4. The van der Waals surface area contributed by atoms with Crippen molar-refractivity contribution >= 4 is 32.6 Å². The van der Waals surface area contributed by atoms with E-state index in [1.165, 1.54) is 0 Å². The molecule has 24 heavy (non-hydrogen) atoms. The van der Waals surface area contributed by atoms with Gasteiger partial charge in [-0.15, -0.1) is 0 Å². The van der Waals surface area contributed by atoms with Gasteiger partial charge in [0.1, 0.15) is 0 Å². The first-order valence-electron chi connectivity index (χ1n) is 8.24. The van der Waals surface area contributed by atoms with Gasteiger partial charge >= 0.3 is 0 Å². The van der Waals surface area contributed by atoms with E-state index in [9.17, 15) is 4.79 Å². The van der Waals surface area contributed by atoms with Gasteiger partial charge in [0.2, 0.25) is 5.43 Å². The zero-order valence-electron chi connectivity index (χ0n) is 14.0. The molecule has 0 unspecified atom stereocenters. The highest BCUT2D eigenvalue weighted by Gasteiger charge is 2.13. The summed E-state index contributed by atoms with van der Waals surface area (Å²) in [5.41, 5.74) is 2.04. The topological polar surface area (TPSA) is 25.2 Å². The molecule has 0 amide bonds. The van der Waals surface area contributed by atoms with Gasteiger partial charge < -0.3 is 9.47 Å². The molecule has 0 fully saturated rings. The molecule has 0 spiro atoms. The van der Waals surface area contributed by atoms with E-state index in [0.717, 1.165) is 45.7 Å². The summed E-state index contributed by atoms with van der Waals surface area (Å²) in [6, 6.07) is 20.3. The van der Waals surface area contributed by atoms with E-state index in [0.29, 0.717) is 0 Å². The fourth-order valence-electron chi connectivity index (χ4n) is 3.43. The van der Waals surface area contributed by atoms with Crippen molar-refractivity contribution in [2.24, 2.45) is 0 Å². The van der Waals surface area contributed by atoms with Crippen LogP contribution in [0.15, 0.2) is 65.5 Å². The lowest BCUT2D eigenvalue weighted by molar-refractivity contribution is 0.389. The van der Waals surface area contributed by atoms with E-state index in [1.807, 2.05) is 36.4 Å². The Bertz CT molecular complexity index is 1110. The average Bonchev–Trinajstić information content (AvgIpc) is 2.83. The molecule has 4 rings (SSSR count). The predicted molar refractivity (Wildman–Crippen MR) is 102 cm³/mol. The smallest absolute Gasteiger partial charge is 0.210 e. The number of aromatic nitrogens is 1. The van der Waals surface area contributed by atoms with Crippen LogP contribution in [-0.4, -0.2) is 30.1 Å². The highest BCUT2D eigenvalue weighted by Crippen LogP contribution is 2.27. The highest BCUT2D eigenvalue weighted by atomic mass is 16.1. The van der Waals surface area contributed by atoms with Crippen LogP contribution in [0.25, 0.3) is 32.6 Å². The first kappa shape index (κ1) is 14.9. The fourth-order valence-corrected chi connectivity index (χ4v) is 3.43. The Kier molecular flexibility index (Phi) is 3.58. The number of hydrogen-bond acceptors (Lipinski definition) is 2. The Morgan fingerprint density at radius 2 is 1.54 bits per heavy atom. The van der Waals surface area contributed by atoms with Crippen molar-refractivity contribution in [1.82, 2.24) is 9.47 Å². The van der Waals surface area contributed by atoms with Crippen molar-refractivity contribution in [3.63, 3.8) is 0 Å². The fraction of sp³-hybridized carbons (Fsp3) is 0.190. The number of rotatable bonds is 3. The molecule has 120 valence electrons. The number of likely N-dealkylation sites (N-methyl/N-ethyl adjacent to an activating group) is 1. The van der Waals surface area contributed by atoms with Gasteiger partial charge in [0.25, 0.3) is 0 Å². The maximum Gasteiger partial charge on any atom is 0.210 e. The van der Waals surface area contributed by atoms with Gasteiger partial charge in [-0.25, -0.2) is 0 Å². The van der Waals surface area contributed by atoms with Gasteiger partial charge in [-0.3, -0.25) is 4.79 Å². The summed E-state index contributed by atoms with van der Waals surface area (Å²) in [7, 11) is 4.11. The molecule has 4 aromatic rings. The molecule has 0 bridgehead atoms. The minimum atomic E-state index is 0.112. The lowest BCUT2D eigenvalue weighted by atomic mass is 10.2. The van der Waals surface area contributed by atoms with E-state index in [2.05, 4.69) is 47.8 Å². The SMILES string of the molecule is CN(C)CCn1c2ccccc2c2ccc3ccccc3c(=O)c21. The lowest BCUT2D eigenvalue weighted by Crippen LogP contribution is -2.19. The van der Waals surface area contributed by atoms with Crippen molar-refractivity contribution < 1.29 is 0 Å². The summed E-state index contributed by atoms with van der Waals surface area (Å²) in [5, 5.41) is 3.94. The van der Waals surface area contributed by atoms with Gasteiger partial charge in [-0.1, -0.05) is 54.6 Å². The molecule has 3 nitrogen and oxygen atoms in total. The molecule has 0 atom stereocenters. The average molecular weight is 316 g/mol. The molecule has 0 aliphatic carbocycles. The number of benzene rings is 2. The highest BCUT2D eigenvalue weighted by molar-refractivity contribution is 6.09. The minimum absolute atomic E-state index is 0.112. The third-order valence-electron chi connectivity index (χ3n) is 4.63. The second kappa shape index (κ2) is 5.77. The van der Waals surface area contributed by atoms with Gasteiger partial charge in [0, 0.05) is 34.8 Å². The predicted octanol–water partition coefficient (Wildman–Crippen LogP) is 3.87. The Labute approximate surface area is 140 Å². The number of hydrogen-bond donors (Lipinski definition) is 0. The van der Waals surface area contributed by atoms with Crippen molar-refractivity contribution in [3.05, 3.63) is 70.9 Å². The van der Waals surface area contributed by atoms with Crippen molar-refractivity contribution in [3.8, 4) is 0 Å². The molecule has 3 aromatic carbocycles. The van der Waals surface area contributed by atoms with Gasteiger partial charge in [0.15, 0.2) is 0 Å². The standard InChI is InChI=1S/C21H20N2O/c1-22(2)13-14-23-19-10-6-5-9-17(19)18-12-11-15-7-3-4-8-16(15)21(24)20(18)23/h3-12H,13-14H2,1-2H3. The zero-order chi connectivity index (χ0) is 16.7. The van der Waals surface area contributed by atoms with E-state index in [-0.39, 0.29) is 5.43 Å². The largest absolute Gasteiger partial charge is 0.336 e. The van der Waals surface area contributed by atoms with Crippen LogP contribution >= 0.6 is 0 Å². The Morgan fingerprint density at radius 3 is 2.33 bits per heavy atom. The molecule has 0 radical (unpaired) electrons. The molecule has 0 aliphatic rings. The molecule has 0 saturated carbocycles. The van der Waals surface area contributed by atoms with Crippen LogP contribution in [0.3, 0.4) is 0 Å². The maximum absolute atomic E-state index is 13.3. The van der Waals surface area contributed by atoms with E-state index < -0.39 is 0 Å². The molecule has 1 aromatic heterocycles. The summed E-state index contributed by atoms with van der Waals surface area (Å²) >= 11 is 0. The Balaban J connectivity index is 2.18. The van der Waals surface area contributed by atoms with E-state index >= 15 is 0 Å². The van der Waals surface area contributed by atoms with E-state index in [1.54, 1.807) is 0 Å². The summed E-state index contributed by atoms with van der Waals surface area (Å²) < 4.78 is 2.18. The first-order valence-corrected chi connectivity index (χ1v) is 8.24. The van der Waals surface area contributed by atoms with Crippen LogP contribution < -0.4 is 5.43 Å². The van der Waals surface area contributed by atoms with Gasteiger partial charge in [-0.2, -0.15) is 0 Å². The molecular weight excluding hydrogens is 296 g/mol. The van der Waals surface area contributed by atoms with Crippen molar-refractivity contribution in [2.75, 3.05) is 20.6 Å². The summed E-state index contributed by atoms with van der Waals surface area (Å²) in [5.74, 6) is 0. The third kappa shape index (κ3) is 2.29. The first-order chi connectivity index (χ1) is 11.7. The molecular formula is C21H20N2O. The van der Waals surface area contributed by atoms with Gasteiger partial charge in [0.05, 0.1) is 5.52 Å². The molecule has 0 aliphatic heterocycles. The van der Waals surface area contributed by atoms with Crippen LogP contribution in [-0.2, 0) is 6.54 Å². The monoisotopic (exact) mass is 316 g/mol. The second-order valence-corrected chi connectivity index (χ2v) is 6.48. The maximum atomic E-state index is 13.3. The normalized spacial score (nSPS) is 11.8. The number of para-hydroxylation sites is 1. The van der Waals surface area contributed by atoms with Crippen molar-refractivity contribution in [1.29, 1.82) is 0 Å². The van der Waals surface area contributed by atoms with Crippen LogP contribution in [0.2, 0.25) is 0 Å². The quantitative estimate of drug-likeness (QED) is 0.573. The minimum Gasteiger partial charge on any atom is -0.336 e. The second-order valence-electron chi connectivity index (χ2n) is 6.48. The van der Waals surface area contributed by atoms with Crippen LogP contribution in [0, 0.1) is 0 Å². The number of nitrogens with zero attached hydrogens (tertiary/aromatic N) is 2. The summed E-state index contributed by atoms with van der Waals surface area (Å²) in [4.78, 5) is 15.4. The van der Waals surface area contributed by atoms with Gasteiger partial charge in [-0.05, 0) is 25.5 Å². The Morgan fingerprint density at radius 1 is 0.833 bits per heavy atom. The summed E-state index contributed by atoms with van der Waals surface area (Å²) in [6.07, 6.45) is 0. The van der Waals surface area contributed by atoms with Crippen LogP contribution in [0.1, 0.15) is 0 Å². The van der Waals surface area contributed by atoms with Crippen LogP contribution in [0.4, 0.5) is 0 Å². The molecule has 1 heterocycles. The molecule has 0 saturated heterocycles. The molecule has 0 N–H and O–H groups in total. The van der Waals surface area contributed by atoms with Crippen LogP contribution in [0.5, 0.6) is 0 Å². The molecule has 3 heteroatoms.